The van der Waals surface area contributed by atoms with E-state index in [1.54, 1.807) is 12.1 Å². The molecule has 3 aromatic carbocycles. The monoisotopic (exact) mass is 476 g/mol. The number of ether oxygens (including phenoxy) is 2. The number of hydrogen-bond acceptors (Lipinski definition) is 5. The van der Waals surface area contributed by atoms with Crippen LogP contribution in [0.15, 0.2) is 65.6 Å². The lowest BCUT2D eigenvalue weighted by molar-refractivity contribution is -0.114. The summed E-state index contributed by atoms with van der Waals surface area (Å²) in [6.45, 7) is 1.13. The van der Waals surface area contributed by atoms with Crippen molar-refractivity contribution in [1.82, 2.24) is 0 Å². The number of aryl methyl sites for hydroxylation is 1. The van der Waals surface area contributed by atoms with E-state index in [-0.39, 0.29) is 22.0 Å². The lowest BCUT2D eigenvalue weighted by Crippen LogP contribution is -2.38. The zero-order chi connectivity index (χ0) is 24.2. The van der Waals surface area contributed by atoms with E-state index in [0.29, 0.717) is 11.8 Å². The lowest BCUT2D eigenvalue weighted by Gasteiger charge is -2.25. The van der Waals surface area contributed by atoms with Gasteiger partial charge in [0.15, 0.2) is 11.5 Å². The predicted molar refractivity (Wildman–Crippen MR) is 120 cm³/mol. The van der Waals surface area contributed by atoms with Crippen molar-refractivity contribution in [2.24, 2.45) is 0 Å². The molecule has 1 amide bonds. The summed E-state index contributed by atoms with van der Waals surface area (Å²) < 4.78 is 65.3. The highest BCUT2D eigenvalue weighted by atomic mass is 32.2. The van der Waals surface area contributed by atoms with Gasteiger partial charge in [-0.25, -0.2) is 17.2 Å². The van der Waals surface area contributed by atoms with Gasteiger partial charge in [-0.3, -0.25) is 9.10 Å². The Morgan fingerprint density at radius 2 is 1.61 bits per heavy atom. The van der Waals surface area contributed by atoms with E-state index in [1.165, 1.54) is 44.6 Å². The van der Waals surface area contributed by atoms with Crippen LogP contribution in [0, 0.1) is 18.6 Å². The predicted octanol–water partition coefficient (Wildman–Crippen LogP) is 4.12. The smallest absolute Gasteiger partial charge is 0.264 e. The first-order chi connectivity index (χ1) is 15.6. The molecule has 3 rings (SSSR count). The maximum absolute atomic E-state index is 14.0. The summed E-state index contributed by atoms with van der Waals surface area (Å²) in [7, 11) is -1.37. The molecular weight excluding hydrogens is 454 g/mol. The Morgan fingerprint density at radius 3 is 2.21 bits per heavy atom. The normalized spacial score (nSPS) is 11.1. The second-order valence-electron chi connectivity index (χ2n) is 7.04. The third kappa shape index (κ3) is 5.40. The average Bonchev–Trinajstić information content (AvgIpc) is 2.79. The number of methoxy groups -OCH3 is 2. The number of rotatable bonds is 8. The number of amides is 1. The number of halogens is 2. The number of carbonyl (C=O) groups is 1. The van der Waals surface area contributed by atoms with Gasteiger partial charge in [-0.15, -0.1) is 0 Å². The summed E-state index contributed by atoms with van der Waals surface area (Å²) >= 11 is 0. The summed E-state index contributed by atoms with van der Waals surface area (Å²) in [5, 5.41) is 2.28. The van der Waals surface area contributed by atoms with Crippen molar-refractivity contribution in [2.45, 2.75) is 11.8 Å². The Kier molecular flexibility index (Phi) is 7.17. The van der Waals surface area contributed by atoms with Crippen molar-refractivity contribution in [1.29, 1.82) is 0 Å². The van der Waals surface area contributed by atoms with Gasteiger partial charge >= 0.3 is 0 Å². The first-order valence-electron chi connectivity index (χ1n) is 9.72. The highest BCUT2D eigenvalue weighted by molar-refractivity contribution is 7.92. The molecule has 0 saturated heterocycles. The van der Waals surface area contributed by atoms with Gasteiger partial charge in [-0.05, 0) is 43.3 Å². The SMILES string of the molecule is COc1ccc(N(CC(=O)Nc2ccc(F)cc2F)S(=O)(=O)c2ccc(C)cc2)cc1OC. The van der Waals surface area contributed by atoms with Gasteiger partial charge in [0.2, 0.25) is 5.91 Å². The lowest BCUT2D eigenvalue weighted by atomic mass is 10.2. The Bertz CT molecular complexity index is 1260. The second-order valence-corrected chi connectivity index (χ2v) is 8.90. The van der Waals surface area contributed by atoms with E-state index < -0.39 is 34.1 Å². The molecule has 33 heavy (non-hydrogen) atoms. The summed E-state index contributed by atoms with van der Waals surface area (Å²) in [6.07, 6.45) is 0. The first-order valence-corrected chi connectivity index (χ1v) is 11.2. The molecule has 0 fully saturated rings. The van der Waals surface area contributed by atoms with Gasteiger partial charge in [0.1, 0.15) is 18.2 Å². The van der Waals surface area contributed by atoms with E-state index in [2.05, 4.69) is 5.32 Å². The largest absolute Gasteiger partial charge is 0.493 e. The minimum absolute atomic E-state index is 0.0383. The van der Waals surface area contributed by atoms with Gasteiger partial charge < -0.3 is 14.8 Å². The topological polar surface area (TPSA) is 84.9 Å². The molecule has 0 radical (unpaired) electrons. The third-order valence-electron chi connectivity index (χ3n) is 4.76. The van der Waals surface area contributed by atoms with Crippen molar-refractivity contribution < 1.29 is 31.5 Å². The number of benzene rings is 3. The fourth-order valence-corrected chi connectivity index (χ4v) is 4.46. The second kappa shape index (κ2) is 9.86. The van der Waals surface area contributed by atoms with Gasteiger partial charge in [-0.1, -0.05) is 17.7 Å². The standard InChI is InChI=1S/C23H22F2N2O5S/c1-15-4-8-18(9-5-15)33(29,30)27(17-7-11-21(31-2)22(13-17)32-3)14-23(28)26-20-10-6-16(24)12-19(20)25/h4-13H,14H2,1-3H3,(H,26,28). The molecule has 0 heterocycles. The van der Waals surface area contributed by atoms with E-state index in [0.717, 1.165) is 22.0 Å². The molecule has 0 aliphatic rings. The fraction of sp³-hybridized carbons (Fsp3) is 0.174. The summed E-state index contributed by atoms with van der Waals surface area (Å²) in [5.41, 5.74) is 0.709. The van der Waals surface area contributed by atoms with Gasteiger partial charge in [0.05, 0.1) is 30.5 Å². The van der Waals surface area contributed by atoms with Crippen LogP contribution in [0.4, 0.5) is 20.2 Å². The van der Waals surface area contributed by atoms with Gasteiger partial charge in [0, 0.05) is 12.1 Å². The molecule has 0 aliphatic heterocycles. The number of nitrogens with zero attached hydrogens (tertiary/aromatic N) is 1. The molecule has 1 N–H and O–H groups in total. The molecule has 3 aromatic rings. The van der Waals surface area contributed by atoms with Crippen LogP contribution in [0.5, 0.6) is 11.5 Å². The molecule has 0 unspecified atom stereocenters. The van der Waals surface area contributed by atoms with E-state index in [1.807, 2.05) is 6.92 Å². The molecule has 0 spiro atoms. The quantitative estimate of drug-likeness (QED) is 0.529. The maximum Gasteiger partial charge on any atom is 0.264 e. The number of hydrogen-bond donors (Lipinski definition) is 1. The molecule has 174 valence electrons. The minimum atomic E-state index is -4.20. The average molecular weight is 477 g/mol. The number of anilines is 2. The van der Waals surface area contributed by atoms with Crippen LogP contribution in [0.2, 0.25) is 0 Å². The van der Waals surface area contributed by atoms with Crippen LogP contribution in [-0.2, 0) is 14.8 Å². The Labute approximate surface area is 190 Å². The van der Waals surface area contributed by atoms with Crippen LogP contribution in [0.25, 0.3) is 0 Å². The Hall–Kier alpha value is -3.66. The number of sulfonamides is 1. The van der Waals surface area contributed by atoms with Crippen LogP contribution in [-0.4, -0.2) is 35.1 Å². The third-order valence-corrected chi connectivity index (χ3v) is 6.54. The summed E-state index contributed by atoms with van der Waals surface area (Å²) in [6, 6.07) is 13.1. The first kappa shape index (κ1) is 24.0. The molecule has 0 aromatic heterocycles. The zero-order valence-corrected chi connectivity index (χ0v) is 18.9. The minimum Gasteiger partial charge on any atom is -0.493 e. The molecule has 10 heteroatoms. The summed E-state index contributed by atoms with van der Waals surface area (Å²) in [5.74, 6) is -2.00. The maximum atomic E-state index is 14.0. The zero-order valence-electron chi connectivity index (χ0n) is 18.1. The number of nitrogens with one attached hydrogen (secondary N) is 1. The van der Waals surface area contributed by atoms with Crippen LogP contribution in [0.3, 0.4) is 0 Å². The van der Waals surface area contributed by atoms with Crippen LogP contribution >= 0.6 is 0 Å². The van der Waals surface area contributed by atoms with E-state index in [9.17, 15) is 22.0 Å². The van der Waals surface area contributed by atoms with E-state index in [4.69, 9.17) is 9.47 Å². The van der Waals surface area contributed by atoms with Crippen LogP contribution < -0.4 is 19.1 Å². The van der Waals surface area contributed by atoms with Crippen molar-refractivity contribution in [3.63, 3.8) is 0 Å². The van der Waals surface area contributed by atoms with Gasteiger partial charge in [-0.2, -0.15) is 0 Å². The van der Waals surface area contributed by atoms with Crippen LogP contribution in [0.1, 0.15) is 5.56 Å². The van der Waals surface area contributed by atoms with Crippen molar-refractivity contribution in [3.05, 3.63) is 77.9 Å². The Morgan fingerprint density at radius 1 is 0.939 bits per heavy atom. The van der Waals surface area contributed by atoms with Crippen molar-refractivity contribution in [3.8, 4) is 11.5 Å². The van der Waals surface area contributed by atoms with E-state index >= 15 is 0 Å². The fourth-order valence-electron chi connectivity index (χ4n) is 3.04. The molecule has 7 nitrogen and oxygen atoms in total. The van der Waals surface area contributed by atoms with Crippen molar-refractivity contribution >= 4 is 27.3 Å². The van der Waals surface area contributed by atoms with Gasteiger partial charge in [0.25, 0.3) is 10.0 Å². The number of carbonyl (C=O) groups excluding carboxylic acids is 1. The molecule has 0 aliphatic carbocycles. The molecule has 0 saturated carbocycles. The highest BCUT2D eigenvalue weighted by Gasteiger charge is 2.28. The molecule has 0 atom stereocenters. The summed E-state index contributed by atoms with van der Waals surface area (Å²) in [4.78, 5) is 12.7. The Balaban J connectivity index is 2.01. The molecular formula is C23H22F2N2O5S. The molecule has 0 bridgehead atoms. The highest BCUT2D eigenvalue weighted by Crippen LogP contribution is 2.34. The van der Waals surface area contributed by atoms with Crippen molar-refractivity contribution in [2.75, 3.05) is 30.4 Å².